The van der Waals surface area contributed by atoms with E-state index in [0.717, 1.165) is 10.7 Å². The van der Waals surface area contributed by atoms with Crippen molar-refractivity contribution in [3.05, 3.63) is 27.8 Å². The monoisotopic (exact) mass is 310 g/mol. The highest BCUT2D eigenvalue weighted by Gasteiger charge is 2.14. The van der Waals surface area contributed by atoms with Crippen LogP contribution >= 0.6 is 23.1 Å². The molecule has 6 nitrogen and oxygen atoms in total. The molecule has 2 heterocycles. The van der Waals surface area contributed by atoms with Gasteiger partial charge in [-0.25, -0.2) is 19.7 Å². The summed E-state index contributed by atoms with van der Waals surface area (Å²) in [4.78, 5) is 24.1. The summed E-state index contributed by atoms with van der Waals surface area (Å²) in [5.74, 6) is 0.310. The summed E-state index contributed by atoms with van der Waals surface area (Å²) in [6.45, 7) is 3.97. The van der Waals surface area contributed by atoms with E-state index in [1.165, 1.54) is 18.0 Å². The minimum absolute atomic E-state index is 0.135. The maximum atomic E-state index is 11.6. The summed E-state index contributed by atoms with van der Waals surface area (Å²) < 4.78 is 4.87. The molecule has 0 aliphatic carbocycles. The molecule has 20 heavy (non-hydrogen) atoms. The van der Waals surface area contributed by atoms with Crippen LogP contribution in [0, 0.1) is 6.92 Å². The van der Waals surface area contributed by atoms with Crippen molar-refractivity contribution in [1.82, 2.24) is 15.0 Å². The molecular weight excluding hydrogens is 296 g/mol. The molecule has 0 saturated heterocycles. The van der Waals surface area contributed by atoms with Crippen LogP contribution in [0.15, 0.2) is 16.7 Å². The highest BCUT2D eigenvalue weighted by Crippen LogP contribution is 2.23. The molecule has 2 aromatic heterocycles. The Morgan fingerprint density at radius 3 is 2.90 bits per heavy atom. The molecule has 0 spiro atoms. The Hall–Kier alpha value is -1.67. The summed E-state index contributed by atoms with van der Waals surface area (Å²) >= 11 is 3.02. The van der Waals surface area contributed by atoms with Gasteiger partial charge >= 0.3 is 5.97 Å². The van der Waals surface area contributed by atoms with Gasteiger partial charge in [-0.2, -0.15) is 0 Å². The number of nitrogen functional groups attached to an aromatic ring is 1. The zero-order chi connectivity index (χ0) is 14.5. The number of rotatable bonds is 5. The maximum absolute atomic E-state index is 11.6. The molecule has 0 fully saturated rings. The van der Waals surface area contributed by atoms with Crippen molar-refractivity contribution < 1.29 is 9.53 Å². The first kappa shape index (κ1) is 14.7. The van der Waals surface area contributed by atoms with Gasteiger partial charge in [0.1, 0.15) is 16.4 Å². The fourth-order valence-corrected chi connectivity index (χ4v) is 3.02. The number of carbonyl (C=O) groups is 1. The smallest absolute Gasteiger partial charge is 0.343 e. The van der Waals surface area contributed by atoms with Gasteiger partial charge in [-0.3, -0.25) is 0 Å². The molecule has 8 heteroatoms. The van der Waals surface area contributed by atoms with Crippen molar-refractivity contribution in [3.8, 4) is 0 Å². The lowest BCUT2D eigenvalue weighted by atomic mass is 10.3. The lowest BCUT2D eigenvalue weighted by Crippen LogP contribution is -2.10. The summed E-state index contributed by atoms with van der Waals surface area (Å²) in [6, 6.07) is 0. The third kappa shape index (κ3) is 3.67. The Bertz CT molecular complexity index is 615. The maximum Gasteiger partial charge on any atom is 0.343 e. The number of nitrogens with two attached hydrogens (primary N) is 1. The molecule has 0 atom stereocenters. The number of aromatic nitrogens is 3. The molecule has 106 valence electrons. The molecular formula is C12H14N4O2S2. The summed E-state index contributed by atoms with van der Waals surface area (Å²) in [6.07, 6.45) is 1.40. The minimum Gasteiger partial charge on any atom is -0.462 e. The normalized spacial score (nSPS) is 10.5. The predicted molar refractivity (Wildman–Crippen MR) is 78.8 cm³/mol. The molecule has 0 aliphatic heterocycles. The van der Waals surface area contributed by atoms with Crippen LogP contribution in [-0.2, 0) is 10.5 Å². The second kappa shape index (κ2) is 6.67. The van der Waals surface area contributed by atoms with Crippen LogP contribution in [0.1, 0.15) is 28.0 Å². The zero-order valence-corrected chi connectivity index (χ0v) is 12.8. The predicted octanol–water partition coefficient (Wildman–Crippen LogP) is 2.29. The van der Waals surface area contributed by atoms with E-state index in [4.69, 9.17) is 10.5 Å². The molecule has 0 aromatic carbocycles. The number of thioether (sulfide) groups is 1. The molecule has 2 rings (SSSR count). The first-order valence-electron chi connectivity index (χ1n) is 5.93. The number of ether oxygens (including phenoxy) is 1. The van der Waals surface area contributed by atoms with Gasteiger partial charge in [0.15, 0.2) is 5.16 Å². The Labute approximate surface area is 124 Å². The Balaban J connectivity index is 2.03. The van der Waals surface area contributed by atoms with Crippen LogP contribution in [0.3, 0.4) is 0 Å². The third-order valence-corrected chi connectivity index (χ3v) is 4.30. The van der Waals surface area contributed by atoms with Crippen molar-refractivity contribution in [2.24, 2.45) is 0 Å². The summed E-state index contributed by atoms with van der Waals surface area (Å²) in [7, 11) is 0. The van der Waals surface area contributed by atoms with Crippen LogP contribution in [-0.4, -0.2) is 27.5 Å². The zero-order valence-electron chi connectivity index (χ0n) is 11.1. The van der Waals surface area contributed by atoms with E-state index in [-0.39, 0.29) is 18.0 Å². The lowest BCUT2D eigenvalue weighted by Gasteiger charge is -2.05. The molecule has 0 saturated carbocycles. The molecule has 0 bridgehead atoms. The lowest BCUT2D eigenvalue weighted by molar-refractivity contribution is 0.0526. The minimum atomic E-state index is -0.503. The van der Waals surface area contributed by atoms with Crippen LogP contribution in [0.2, 0.25) is 0 Å². The van der Waals surface area contributed by atoms with Gasteiger partial charge < -0.3 is 10.5 Å². The van der Waals surface area contributed by atoms with Gasteiger partial charge in [-0.05, 0) is 13.8 Å². The van der Waals surface area contributed by atoms with Gasteiger partial charge in [0, 0.05) is 17.3 Å². The number of esters is 1. The number of anilines is 1. The summed E-state index contributed by atoms with van der Waals surface area (Å²) in [5, 5.41) is 3.52. The number of thiazole rings is 1. The number of carbonyl (C=O) groups excluding carboxylic acids is 1. The number of hydrogen-bond acceptors (Lipinski definition) is 8. The number of nitrogens with zero attached hydrogens (tertiary/aromatic N) is 3. The summed E-state index contributed by atoms with van der Waals surface area (Å²) in [5.41, 5.74) is 6.95. The highest BCUT2D eigenvalue weighted by molar-refractivity contribution is 7.98. The van der Waals surface area contributed by atoms with Gasteiger partial charge in [-0.1, -0.05) is 11.8 Å². The SMILES string of the molecule is CCOC(=O)c1cnc(SCc2nc(C)cs2)nc1N. The number of aryl methyl sites for hydroxylation is 1. The van der Waals surface area contributed by atoms with Crippen molar-refractivity contribution in [2.45, 2.75) is 24.8 Å². The van der Waals surface area contributed by atoms with E-state index in [1.54, 1.807) is 18.3 Å². The molecule has 0 amide bonds. The first-order chi connectivity index (χ1) is 9.60. The first-order valence-corrected chi connectivity index (χ1v) is 7.80. The quantitative estimate of drug-likeness (QED) is 0.514. The van der Waals surface area contributed by atoms with E-state index < -0.39 is 5.97 Å². The number of hydrogen-bond donors (Lipinski definition) is 1. The Morgan fingerprint density at radius 1 is 1.50 bits per heavy atom. The topological polar surface area (TPSA) is 91.0 Å². The highest BCUT2D eigenvalue weighted by atomic mass is 32.2. The van der Waals surface area contributed by atoms with E-state index in [1.807, 2.05) is 12.3 Å². The van der Waals surface area contributed by atoms with Crippen molar-refractivity contribution in [2.75, 3.05) is 12.3 Å². The van der Waals surface area contributed by atoms with Gasteiger partial charge in [0.25, 0.3) is 0 Å². The van der Waals surface area contributed by atoms with Gasteiger partial charge in [0.2, 0.25) is 0 Å². The van der Waals surface area contributed by atoms with E-state index in [2.05, 4.69) is 15.0 Å². The standard InChI is InChI=1S/C12H14N4O2S2/c1-3-18-11(17)8-4-14-12(16-10(8)13)20-6-9-15-7(2)5-19-9/h4-5H,3,6H2,1-2H3,(H2,13,14,16). The van der Waals surface area contributed by atoms with Crippen molar-refractivity contribution in [1.29, 1.82) is 0 Å². The average Bonchev–Trinajstić information content (AvgIpc) is 2.82. The second-order valence-corrected chi connectivity index (χ2v) is 5.73. The molecule has 2 N–H and O–H groups in total. The third-order valence-electron chi connectivity index (χ3n) is 2.28. The van der Waals surface area contributed by atoms with Crippen molar-refractivity contribution >= 4 is 34.9 Å². The van der Waals surface area contributed by atoms with E-state index in [9.17, 15) is 4.79 Å². The average molecular weight is 310 g/mol. The van der Waals surface area contributed by atoms with E-state index in [0.29, 0.717) is 10.9 Å². The van der Waals surface area contributed by atoms with Crippen LogP contribution in [0.25, 0.3) is 0 Å². The van der Waals surface area contributed by atoms with Crippen molar-refractivity contribution in [3.63, 3.8) is 0 Å². The Kier molecular flexibility index (Phi) is 4.91. The molecule has 0 unspecified atom stereocenters. The molecule has 0 radical (unpaired) electrons. The molecule has 0 aliphatic rings. The largest absolute Gasteiger partial charge is 0.462 e. The fraction of sp³-hybridized carbons (Fsp3) is 0.333. The Morgan fingerprint density at radius 2 is 2.30 bits per heavy atom. The fourth-order valence-electron chi connectivity index (χ4n) is 1.41. The van der Waals surface area contributed by atoms with Gasteiger partial charge in [-0.15, -0.1) is 11.3 Å². The molecule has 2 aromatic rings. The second-order valence-electron chi connectivity index (χ2n) is 3.84. The van der Waals surface area contributed by atoms with E-state index >= 15 is 0 Å². The van der Waals surface area contributed by atoms with Gasteiger partial charge in [0.05, 0.1) is 12.4 Å². The van der Waals surface area contributed by atoms with Crippen LogP contribution in [0.4, 0.5) is 5.82 Å². The van der Waals surface area contributed by atoms with Crippen LogP contribution in [0.5, 0.6) is 0 Å². The van der Waals surface area contributed by atoms with Crippen LogP contribution < -0.4 is 5.73 Å².